The van der Waals surface area contributed by atoms with Crippen LogP contribution in [-0.2, 0) is 22.8 Å². The van der Waals surface area contributed by atoms with Gasteiger partial charge in [0.05, 0.1) is 16.3 Å². The average Bonchev–Trinajstić information content (AvgIpc) is 3.17. The fourth-order valence-corrected chi connectivity index (χ4v) is 5.57. The van der Waals surface area contributed by atoms with Crippen LogP contribution >= 0.6 is 0 Å². The maximum absolute atomic E-state index is 13.5. The first-order chi connectivity index (χ1) is 14.5. The first-order valence-corrected chi connectivity index (χ1v) is 11.5. The Bertz CT molecular complexity index is 1360. The van der Waals surface area contributed by atoms with Crippen molar-refractivity contribution in [1.82, 2.24) is 9.55 Å². The Labute approximate surface area is 176 Å². The van der Waals surface area contributed by atoms with Crippen molar-refractivity contribution in [2.24, 2.45) is 0 Å². The summed E-state index contributed by atoms with van der Waals surface area (Å²) in [5.41, 5.74) is 7.28. The second kappa shape index (κ2) is 6.96. The van der Waals surface area contributed by atoms with E-state index in [9.17, 15) is 8.42 Å². The highest BCUT2D eigenvalue weighted by atomic mass is 32.2. The summed E-state index contributed by atoms with van der Waals surface area (Å²) < 4.78 is 28.9. The number of fused-ring (bicyclic) bond motifs is 3. The van der Waals surface area contributed by atoms with Crippen LogP contribution in [0.2, 0.25) is 0 Å². The summed E-state index contributed by atoms with van der Waals surface area (Å²) in [5, 5.41) is 0.117. The van der Waals surface area contributed by atoms with Gasteiger partial charge in [-0.3, -0.25) is 0 Å². The van der Waals surface area contributed by atoms with Crippen LogP contribution in [0.3, 0.4) is 0 Å². The summed E-state index contributed by atoms with van der Waals surface area (Å²) in [7, 11) is -3.74. The highest BCUT2D eigenvalue weighted by Gasteiger charge is 2.32. The van der Waals surface area contributed by atoms with Gasteiger partial charge in [-0.15, -0.1) is 0 Å². The minimum atomic E-state index is -3.74. The molecule has 4 aromatic rings. The minimum absolute atomic E-state index is 0.117. The Hall–Kier alpha value is -3.18. The molecule has 5 rings (SSSR count). The normalized spacial score (nSPS) is 13.0. The van der Waals surface area contributed by atoms with Gasteiger partial charge in [0.1, 0.15) is 0 Å². The van der Waals surface area contributed by atoms with E-state index in [1.54, 1.807) is 24.3 Å². The van der Waals surface area contributed by atoms with E-state index in [0.717, 1.165) is 23.2 Å². The molecule has 4 nitrogen and oxygen atoms in total. The number of rotatable bonds is 3. The second-order valence-corrected chi connectivity index (χ2v) is 9.61. The Morgan fingerprint density at radius 3 is 2.20 bits per heavy atom. The SMILES string of the molecule is Cc1cc2c(cc1C)-c1c(-c3ccccc3)nc(S(=O)(=O)c3ccccc3)n1CC2. The van der Waals surface area contributed by atoms with Gasteiger partial charge in [0.2, 0.25) is 15.0 Å². The molecule has 30 heavy (non-hydrogen) atoms. The zero-order chi connectivity index (χ0) is 20.9. The number of benzene rings is 3. The highest BCUT2D eigenvalue weighted by molar-refractivity contribution is 7.91. The summed E-state index contributed by atoms with van der Waals surface area (Å²) in [6.45, 7) is 4.80. The Morgan fingerprint density at radius 2 is 1.50 bits per heavy atom. The van der Waals surface area contributed by atoms with Crippen molar-refractivity contribution in [1.29, 1.82) is 0 Å². The van der Waals surface area contributed by atoms with Gasteiger partial charge in [-0.1, -0.05) is 54.6 Å². The average molecular weight is 415 g/mol. The van der Waals surface area contributed by atoms with Gasteiger partial charge in [0.15, 0.2) is 0 Å². The molecule has 3 aromatic carbocycles. The molecular weight excluding hydrogens is 392 g/mol. The molecule has 2 heterocycles. The summed E-state index contributed by atoms with van der Waals surface area (Å²) in [6, 6.07) is 22.8. The summed E-state index contributed by atoms with van der Waals surface area (Å²) in [5.74, 6) is 0. The molecule has 0 radical (unpaired) electrons. The Morgan fingerprint density at radius 1 is 0.867 bits per heavy atom. The van der Waals surface area contributed by atoms with E-state index in [1.165, 1.54) is 16.7 Å². The van der Waals surface area contributed by atoms with E-state index in [-0.39, 0.29) is 10.1 Å². The lowest BCUT2D eigenvalue weighted by Gasteiger charge is -2.22. The maximum atomic E-state index is 13.5. The van der Waals surface area contributed by atoms with Gasteiger partial charge in [-0.25, -0.2) is 13.4 Å². The predicted molar refractivity (Wildman–Crippen MR) is 118 cm³/mol. The third-order valence-electron chi connectivity index (χ3n) is 5.85. The number of aromatic nitrogens is 2. The quantitative estimate of drug-likeness (QED) is 0.462. The largest absolute Gasteiger partial charge is 0.314 e. The fraction of sp³-hybridized carbons (Fsp3) is 0.160. The lowest BCUT2D eigenvalue weighted by atomic mass is 9.91. The van der Waals surface area contributed by atoms with Crippen LogP contribution in [0.1, 0.15) is 16.7 Å². The molecule has 0 unspecified atom stereocenters. The van der Waals surface area contributed by atoms with Crippen molar-refractivity contribution in [3.63, 3.8) is 0 Å². The van der Waals surface area contributed by atoms with Crippen LogP contribution in [0, 0.1) is 13.8 Å². The van der Waals surface area contributed by atoms with Gasteiger partial charge >= 0.3 is 0 Å². The molecule has 0 bridgehead atoms. The lowest BCUT2D eigenvalue weighted by molar-refractivity contribution is 0.558. The van der Waals surface area contributed by atoms with Crippen molar-refractivity contribution in [2.45, 2.75) is 36.9 Å². The topological polar surface area (TPSA) is 52.0 Å². The van der Waals surface area contributed by atoms with E-state index < -0.39 is 9.84 Å². The van der Waals surface area contributed by atoms with Crippen LogP contribution < -0.4 is 0 Å². The molecule has 1 aliphatic heterocycles. The zero-order valence-electron chi connectivity index (χ0n) is 17.0. The first kappa shape index (κ1) is 18.8. The molecule has 150 valence electrons. The zero-order valence-corrected chi connectivity index (χ0v) is 17.8. The van der Waals surface area contributed by atoms with Crippen molar-refractivity contribution in [3.05, 3.63) is 89.5 Å². The number of imidazole rings is 1. The van der Waals surface area contributed by atoms with Crippen molar-refractivity contribution < 1.29 is 8.42 Å². The highest BCUT2D eigenvalue weighted by Crippen LogP contribution is 2.41. The molecule has 0 fully saturated rings. The molecule has 0 saturated carbocycles. The number of sulfone groups is 1. The monoisotopic (exact) mass is 414 g/mol. The summed E-state index contributed by atoms with van der Waals surface area (Å²) in [6.07, 6.45) is 0.783. The van der Waals surface area contributed by atoms with Gasteiger partial charge in [-0.05, 0) is 55.2 Å². The van der Waals surface area contributed by atoms with Crippen molar-refractivity contribution in [2.75, 3.05) is 0 Å². The van der Waals surface area contributed by atoms with Gasteiger partial charge < -0.3 is 4.57 Å². The smallest absolute Gasteiger partial charge is 0.240 e. The van der Waals surface area contributed by atoms with E-state index in [2.05, 4.69) is 26.0 Å². The van der Waals surface area contributed by atoms with Gasteiger partial charge in [0, 0.05) is 17.7 Å². The fourth-order valence-electron chi connectivity index (χ4n) is 4.16. The molecule has 0 spiro atoms. The van der Waals surface area contributed by atoms with Crippen LogP contribution in [-0.4, -0.2) is 18.0 Å². The molecule has 0 amide bonds. The van der Waals surface area contributed by atoms with E-state index in [4.69, 9.17) is 4.98 Å². The Kier molecular flexibility index (Phi) is 4.36. The summed E-state index contributed by atoms with van der Waals surface area (Å²) >= 11 is 0. The van der Waals surface area contributed by atoms with E-state index in [0.29, 0.717) is 12.2 Å². The molecule has 0 saturated heterocycles. The third kappa shape index (κ3) is 2.89. The van der Waals surface area contributed by atoms with Crippen LogP contribution in [0.4, 0.5) is 0 Å². The molecule has 1 aromatic heterocycles. The molecule has 0 N–H and O–H groups in total. The van der Waals surface area contributed by atoms with Crippen LogP contribution in [0.5, 0.6) is 0 Å². The molecular formula is C25H22N2O2S. The van der Waals surface area contributed by atoms with Crippen molar-refractivity contribution in [3.8, 4) is 22.5 Å². The number of hydrogen-bond acceptors (Lipinski definition) is 3. The maximum Gasteiger partial charge on any atom is 0.240 e. The number of hydrogen-bond donors (Lipinski definition) is 0. The predicted octanol–water partition coefficient (Wildman–Crippen LogP) is 5.22. The Balaban J connectivity index is 1.83. The second-order valence-electron chi connectivity index (χ2n) is 7.77. The van der Waals surface area contributed by atoms with E-state index >= 15 is 0 Å². The van der Waals surface area contributed by atoms with Crippen molar-refractivity contribution >= 4 is 9.84 Å². The molecule has 5 heteroatoms. The van der Waals surface area contributed by atoms with E-state index in [1.807, 2.05) is 41.0 Å². The first-order valence-electron chi connectivity index (χ1n) is 10.0. The van der Waals surface area contributed by atoms with Crippen LogP contribution in [0.15, 0.2) is 82.8 Å². The number of aryl methyl sites for hydroxylation is 3. The molecule has 0 aliphatic carbocycles. The van der Waals surface area contributed by atoms with Gasteiger partial charge in [0.25, 0.3) is 0 Å². The molecule has 1 aliphatic rings. The summed E-state index contributed by atoms with van der Waals surface area (Å²) in [4.78, 5) is 5.00. The molecule has 0 atom stereocenters. The lowest BCUT2D eigenvalue weighted by Crippen LogP contribution is -2.17. The third-order valence-corrected chi connectivity index (χ3v) is 7.54. The minimum Gasteiger partial charge on any atom is -0.314 e. The van der Waals surface area contributed by atoms with Gasteiger partial charge in [-0.2, -0.15) is 0 Å². The standard InChI is InChI=1S/C25H22N2O2S/c1-17-15-20-13-14-27-24(22(20)16-18(17)2)23(19-9-5-3-6-10-19)26-25(27)30(28,29)21-11-7-4-8-12-21/h3-12,15-16H,13-14H2,1-2H3. The van der Waals surface area contributed by atoms with Crippen LogP contribution in [0.25, 0.3) is 22.5 Å². The number of nitrogens with zero attached hydrogens (tertiary/aromatic N) is 2.